The Kier molecular flexibility index (Phi) is 7.57. The highest BCUT2D eigenvalue weighted by molar-refractivity contribution is 5.69. The van der Waals surface area contributed by atoms with Gasteiger partial charge in [0, 0.05) is 25.2 Å². The second-order valence-electron chi connectivity index (χ2n) is 6.90. The van der Waals surface area contributed by atoms with Gasteiger partial charge in [0.1, 0.15) is 18.0 Å². The van der Waals surface area contributed by atoms with Crippen molar-refractivity contribution < 1.29 is 23.4 Å². The molecular weight excluding hydrogens is 375 g/mol. The Labute approximate surface area is 170 Å². The van der Waals surface area contributed by atoms with Crippen LogP contribution in [0.2, 0.25) is 0 Å². The number of nitrogens with one attached hydrogen (secondary N) is 2. The molecule has 0 spiro atoms. The first-order chi connectivity index (χ1) is 14.1. The average molecular weight is 402 g/mol. The summed E-state index contributed by atoms with van der Waals surface area (Å²) in [6.45, 7) is 4.41. The Bertz CT molecular complexity index is 824. The number of hydrogen-bond donors (Lipinski definition) is 2. The zero-order chi connectivity index (χ0) is 20.6. The SMILES string of the molecule is COC(=O)NCCOC(c1cccc(F)c1-c1cccc(C)c1)[C@H]1CNCCO1. The van der Waals surface area contributed by atoms with Gasteiger partial charge in [0.25, 0.3) is 0 Å². The summed E-state index contributed by atoms with van der Waals surface area (Å²) >= 11 is 0. The Morgan fingerprint density at radius 1 is 1.34 bits per heavy atom. The minimum Gasteiger partial charge on any atom is -0.453 e. The summed E-state index contributed by atoms with van der Waals surface area (Å²) in [7, 11) is 1.31. The van der Waals surface area contributed by atoms with Crippen molar-refractivity contribution in [3.8, 4) is 11.1 Å². The van der Waals surface area contributed by atoms with Crippen LogP contribution in [0.5, 0.6) is 0 Å². The van der Waals surface area contributed by atoms with Gasteiger partial charge >= 0.3 is 6.09 Å². The van der Waals surface area contributed by atoms with E-state index in [0.717, 1.165) is 23.2 Å². The van der Waals surface area contributed by atoms with Gasteiger partial charge in [-0.3, -0.25) is 0 Å². The maximum absolute atomic E-state index is 14.9. The minimum absolute atomic E-state index is 0.239. The van der Waals surface area contributed by atoms with E-state index in [4.69, 9.17) is 9.47 Å². The molecule has 0 aliphatic carbocycles. The zero-order valence-corrected chi connectivity index (χ0v) is 16.7. The first-order valence-electron chi connectivity index (χ1n) is 9.71. The van der Waals surface area contributed by atoms with Crippen molar-refractivity contribution in [3.05, 3.63) is 59.4 Å². The molecule has 29 heavy (non-hydrogen) atoms. The van der Waals surface area contributed by atoms with Gasteiger partial charge in [-0.2, -0.15) is 0 Å². The van der Waals surface area contributed by atoms with Crippen molar-refractivity contribution in [2.75, 3.05) is 40.0 Å². The zero-order valence-electron chi connectivity index (χ0n) is 16.7. The van der Waals surface area contributed by atoms with Gasteiger partial charge in [-0.25, -0.2) is 9.18 Å². The van der Waals surface area contributed by atoms with Crippen molar-refractivity contribution in [1.29, 1.82) is 0 Å². The van der Waals surface area contributed by atoms with Crippen LogP contribution in [0.1, 0.15) is 17.2 Å². The highest BCUT2D eigenvalue weighted by Crippen LogP contribution is 2.35. The van der Waals surface area contributed by atoms with E-state index in [1.807, 2.05) is 37.3 Å². The monoisotopic (exact) mass is 402 g/mol. The molecule has 1 aliphatic rings. The van der Waals surface area contributed by atoms with Crippen molar-refractivity contribution in [2.45, 2.75) is 19.1 Å². The second kappa shape index (κ2) is 10.3. The van der Waals surface area contributed by atoms with Crippen LogP contribution >= 0.6 is 0 Å². The fraction of sp³-hybridized carbons (Fsp3) is 0.409. The third-order valence-electron chi connectivity index (χ3n) is 4.81. The number of carbonyl (C=O) groups excluding carboxylic acids is 1. The molecule has 7 heteroatoms. The van der Waals surface area contributed by atoms with Crippen molar-refractivity contribution in [1.82, 2.24) is 10.6 Å². The molecule has 1 heterocycles. The molecule has 3 rings (SSSR count). The number of methoxy groups -OCH3 is 1. The average Bonchev–Trinajstić information content (AvgIpc) is 2.74. The summed E-state index contributed by atoms with van der Waals surface area (Å²) in [5, 5.41) is 5.89. The van der Waals surface area contributed by atoms with Gasteiger partial charge in [0.15, 0.2) is 0 Å². The summed E-state index contributed by atoms with van der Waals surface area (Å²) in [5.74, 6) is -0.307. The number of hydrogen-bond acceptors (Lipinski definition) is 5. The van der Waals surface area contributed by atoms with E-state index in [0.29, 0.717) is 18.7 Å². The molecule has 1 unspecified atom stereocenters. The number of morpholine rings is 1. The van der Waals surface area contributed by atoms with E-state index in [9.17, 15) is 9.18 Å². The molecule has 156 valence electrons. The molecule has 0 radical (unpaired) electrons. The number of halogens is 1. The summed E-state index contributed by atoms with van der Waals surface area (Å²) < 4.78 is 31.6. The maximum Gasteiger partial charge on any atom is 0.406 e. The van der Waals surface area contributed by atoms with Crippen molar-refractivity contribution in [2.24, 2.45) is 0 Å². The van der Waals surface area contributed by atoms with Gasteiger partial charge in [-0.1, -0.05) is 42.0 Å². The van der Waals surface area contributed by atoms with Crippen LogP contribution in [-0.2, 0) is 14.2 Å². The van der Waals surface area contributed by atoms with Crippen LogP contribution in [0.15, 0.2) is 42.5 Å². The number of aryl methyl sites for hydroxylation is 1. The van der Waals surface area contributed by atoms with Crippen molar-refractivity contribution in [3.63, 3.8) is 0 Å². The normalized spacial score (nSPS) is 17.6. The van der Waals surface area contributed by atoms with Gasteiger partial charge in [0.2, 0.25) is 0 Å². The lowest BCUT2D eigenvalue weighted by atomic mass is 9.92. The maximum atomic E-state index is 14.9. The van der Waals surface area contributed by atoms with Crippen LogP contribution in [0, 0.1) is 12.7 Å². The summed E-state index contributed by atoms with van der Waals surface area (Å²) in [6, 6.07) is 12.8. The number of rotatable bonds is 7. The highest BCUT2D eigenvalue weighted by Gasteiger charge is 2.30. The summed E-state index contributed by atoms with van der Waals surface area (Å²) in [5.41, 5.74) is 3.08. The van der Waals surface area contributed by atoms with E-state index in [-0.39, 0.29) is 25.1 Å². The molecule has 6 nitrogen and oxygen atoms in total. The Hall–Kier alpha value is -2.48. The lowest BCUT2D eigenvalue weighted by Gasteiger charge is -2.32. The molecular formula is C22H27FN2O4. The fourth-order valence-electron chi connectivity index (χ4n) is 3.47. The van der Waals surface area contributed by atoms with Gasteiger partial charge in [0.05, 0.1) is 20.3 Å². The molecule has 2 atom stereocenters. The lowest BCUT2D eigenvalue weighted by Crippen LogP contribution is -2.43. The summed E-state index contributed by atoms with van der Waals surface area (Å²) in [4.78, 5) is 11.3. The Morgan fingerprint density at radius 2 is 2.17 bits per heavy atom. The quantitative estimate of drug-likeness (QED) is 0.696. The Morgan fingerprint density at radius 3 is 2.90 bits per heavy atom. The standard InChI is InChI=1S/C22H27FN2O4/c1-15-5-3-6-16(13-15)20-17(7-4-8-18(20)23)21(19-14-24-9-11-28-19)29-12-10-25-22(26)27-2/h3-8,13,19,21,24H,9-12,14H2,1-2H3,(H,25,26)/t19-,21?/m1/s1. The Balaban J connectivity index is 1.90. The first kappa shape index (κ1) is 21.2. The molecule has 2 aromatic rings. The van der Waals surface area contributed by atoms with Crippen LogP contribution in [-0.4, -0.2) is 52.2 Å². The molecule has 0 saturated carbocycles. The third kappa shape index (κ3) is 5.53. The van der Waals surface area contributed by atoms with Crippen LogP contribution in [0.25, 0.3) is 11.1 Å². The number of amides is 1. The number of alkyl carbamates (subject to hydrolysis) is 1. The first-order valence-corrected chi connectivity index (χ1v) is 9.71. The van der Waals surface area contributed by atoms with Crippen LogP contribution < -0.4 is 10.6 Å². The predicted octanol–water partition coefficient (Wildman–Crippen LogP) is 3.20. The molecule has 1 saturated heterocycles. The number of benzene rings is 2. The van der Waals surface area contributed by atoms with Gasteiger partial charge in [-0.05, 0) is 24.1 Å². The van der Waals surface area contributed by atoms with E-state index in [1.54, 1.807) is 6.07 Å². The van der Waals surface area contributed by atoms with Crippen LogP contribution in [0.4, 0.5) is 9.18 Å². The molecule has 0 bridgehead atoms. The molecule has 2 aromatic carbocycles. The highest BCUT2D eigenvalue weighted by atomic mass is 19.1. The smallest absolute Gasteiger partial charge is 0.406 e. The van der Waals surface area contributed by atoms with Gasteiger partial charge in [-0.15, -0.1) is 0 Å². The summed E-state index contributed by atoms with van der Waals surface area (Å²) in [6.07, 6.45) is -1.28. The number of ether oxygens (including phenoxy) is 3. The van der Waals surface area contributed by atoms with Crippen molar-refractivity contribution >= 4 is 6.09 Å². The molecule has 2 N–H and O–H groups in total. The minimum atomic E-state index is -0.521. The number of carbonyl (C=O) groups is 1. The van der Waals surface area contributed by atoms with E-state index in [2.05, 4.69) is 15.4 Å². The van der Waals surface area contributed by atoms with E-state index < -0.39 is 12.2 Å². The lowest BCUT2D eigenvalue weighted by molar-refractivity contribution is -0.0851. The fourth-order valence-corrected chi connectivity index (χ4v) is 3.47. The molecule has 0 aromatic heterocycles. The third-order valence-corrected chi connectivity index (χ3v) is 4.81. The van der Waals surface area contributed by atoms with E-state index in [1.165, 1.54) is 13.2 Å². The second-order valence-corrected chi connectivity index (χ2v) is 6.90. The van der Waals surface area contributed by atoms with E-state index >= 15 is 0 Å². The van der Waals surface area contributed by atoms with Crippen LogP contribution in [0.3, 0.4) is 0 Å². The molecule has 1 aliphatic heterocycles. The predicted molar refractivity (Wildman–Crippen MR) is 108 cm³/mol. The topological polar surface area (TPSA) is 68.8 Å². The molecule has 1 amide bonds. The van der Waals surface area contributed by atoms with Gasteiger partial charge < -0.3 is 24.8 Å². The largest absolute Gasteiger partial charge is 0.453 e. The molecule has 1 fully saturated rings.